The molecule has 5 nitrogen and oxygen atoms in total. The van der Waals surface area contributed by atoms with E-state index in [1.807, 2.05) is 38.1 Å². The number of hydrogen-bond donors (Lipinski definition) is 0. The number of fused-ring (bicyclic) bond motifs is 1. The number of benzene rings is 3. The quantitative estimate of drug-likeness (QED) is 0.460. The predicted molar refractivity (Wildman–Crippen MR) is 116 cm³/mol. The summed E-state index contributed by atoms with van der Waals surface area (Å²) in [5.41, 5.74) is 3.11. The van der Waals surface area contributed by atoms with Crippen molar-refractivity contribution in [3.63, 3.8) is 0 Å². The summed E-state index contributed by atoms with van der Waals surface area (Å²) in [5.74, 6) is 0.507. The molecule has 4 aromatic rings. The van der Waals surface area contributed by atoms with E-state index >= 15 is 0 Å². The molecule has 0 N–H and O–H groups in total. The summed E-state index contributed by atoms with van der Waals surface area (Å²) in [5, 5.41) is 0.614. The summed E-state index contributed by atoms with van der Waals surface area (Å²) in [6, 6.07) is 21.1. The molecular formula is C24H21NO4S. The molecule has 0 saturated heterocycles. The molecule has 1 heterocycles. The second-order valence-corrected chi connectivity index (χ2v) is 8.98. The lowest BCUT2D eigenvalue weighted by Gasteiger charge is -2.09. The molecule has 0 bridgehead atoms. The Labute approximate surface area is 175 Å². The molecule has 3 aromatic carbocycles. The van der Waals surface area contributed by atoms with Gasteiger partial charge in [-0.25, -0.2) is 13.4 Å². The fraction of sp³-hybridized carbons (Fsp3) is 0.125. The highest BCUT2D eigenvalue weighted by Crippen LogP contribution is 2.28. The minimum absolute atomic E-state index is 0.00711. The minimum atomic E-state index is -3.85. The van der Waals surface area contributed by atoms with Crippen molar-refractivity contribution in [3.8, 4) is 5.75 Å². The molecule has 0 spiro atoms. The van der Waals surface area contributed by atoms with E-state index in [1.165, 1.54) is 7.11 Å². The molecule has 152 valence electrons. The van der Waals surface area contributed by atoms with Crippen LogP contribution in [0.1, 0.15) is 11.1 Å². The van der Waals surface area contributed by atoms with E-state index in [-0.39, 0.29) is 15.3 Å². The van der Waals surface area contributed by atoms with Gasteiger partial charge >= 0.3 is 0 Å². The van der Waals surface area contributed by atoms with Gasteiger partial charge < -0.3 is 9.15 Å². The van der Waals surface area contributed by atoms with E-state index in [1.54, 1.807) is 48.5 Å². The van der Waals surface area contributed by atoms with Gasteiger partial charge in [-0.2, -0.15) is 0 Å². The van der Waals surface area contributed by atoms with Crippen LogP contribution in [-0.4, -0.2) is 15.5 Å². The molecule has 0 aliphatic carbocycles. The van der Waals surface area contributed by atoms with Gasteiger partial charge in [-0.1, -0.05) is 47.5 Å². The Morgan fingerprint density at radius 3 is 2.13 bits per heavy atom. The van der Waals surface area contributed by atoms with Crippen molar-refractivity contribution in [2.75, 3.05) is 7.11 Å². The number of ether oxygens (including phenoxy) is 1. The standard InChI is InChI=1S/C24H21NO4S/c1-16-7-11-19(12-8-16)25-24-22(30(26,27)20-13-9-17(2)10-14-20)15-18-5-4-6-21(28-3)23(18)29-24/h4-15H,1-3H3. The first-order valence-corrected chi connectivity index (χ1v) is 10.9. The molecule has 0 fully saturated rings. The summed E-state index contributed by atoms with van der Waals surface area (Å²) in [7, 11) is -2.31. The van der Waals surface area contributed by atoms with Crippen LogP contribution in [0.15, 0.2) is 92.0 Å². The first-order valence-electron chi connectivity index (χ1n) is 9.42. The Bertz CT molecular complexity index is 1380. The molecule has 0 aliphatic heterocycles. The van der Waals surface area contributed by atoms with Crippen LogP contribution in [0.25, 0.3) is 11.0 Å². The van der Waals surface area contributed by atoms with Crippen LogP contribution in [-0.2, 0) is 9.84 Å². The van der Waals surface area contributed by atoms with Crippen molar-refractivity contribution in [2.45, 2.75) is 23.6 Å². The van der Waals surface area contributed by atoms with Crippen LogP contribution in [0.2, 0.25) is 0 Å². The van der Waals surface area contributed by atoms with Crippen molar-refractivity contribution in [2.24, 2.45) is 4.99 Å². The molecule has 6 heteroatoms. The van der Waals surface area contributed by atoms with Crippen LogP contribution in [0.4, 0.5) is 5.69 Å². The number of methoxy groups -OCH3 is 1. The second-order valence-electron chi connectivity index (χ2n) is 7.06. The van der Waals surface area contributed by atoms with Crippen LogP contribution >= 0.6 is 0 Å². The largest absolute Gasteiger partial charge is 0.493 e. The first kappa shape index (κ1) is 19.9. The van der Waals surface area contributed by atoms with Gasteiger partial charge in [0.15, 0.2) is 11.3 Å². The summed E-state index contributed by atoms with van der Waals surface area (Å²) >= 11 is 0. The molecule has 4 rings (SSSR count). The van der Waals surface area contributed by atoms with E-state index in [0.29, 0.717) is 22.4 Å². The van der Waals surface area contributed by atoms with Gasteiger partial charge in [-0.05, 0) is 50.2 Å². The topological polar surface area (TPSA) is 68.9 Å². The van der Waals surface area contributed by atoms with E-state index in [9.17, 15) is 8.42 Å². The van der Waals surface area contributed by atoms with E-state index in [0.717, 1.165) is 11.1 Å². The number of rotatable bonds is 4. The van der Waals surface area contributed by atoms with Gasteiger partial charge in [-0.3, -0.25) is 0 Å². The lowest BCUT2D eigenvalue weighted by molar-refractivity contribution is 0.404. The number of para-hydroxylation sites is 1. The van der Waals surface area contributed by atoms with Crippen LogP contribution < -0.4 is 10.3 Å². The van der Waals surface area contributed by atoms with Crippen molar-refractivity contribution >= 4 is 26.5 Å². The van der Waals surface area contributed by atoms with Crippen LogP contribution in [0.5, 0.6) is 5.75 Å². The Balaban J connectivity index is 2.04. The van der Waals surface area contributed by atoms with E-state index in [2.05, 4.69) is 4.99 Å². The summed E-state index contributed by atoms with van der Waals surface area (Å²) in [6.45, 7) is 3.88. The minimum Gasteiger partial charge on any atom is -0.493 e. The van der Waals surface area contributed by atoms with E-state index < -0.39 is 9.84 Å². The number of nitrogens with zero attached hydrogens (tertiary/aromatic N) is 1. The number of aryl methyl sites for hydroxylation is 2. The summed E-state index contributed by atoms with van der Waals surface area (Å²) < 4.78 is 38.3. The maximum Gasteiger partial charge on any atom is 0.239 e. The second kappa shape index (κ2) is 7.80. The summed E-state index contributed by atoms with van der Waals surface area (Å²) in [4.78, 5) is 4.71. The smallest absolute Gasteiger partial charge is 0.239 e. The third kappa shape index (κ3) is 3.74. The lowest BCUT2D eigenvalue weighted by atomic mass is 10.2. The maximum atomic E-state index is 13.5. The maximum absolute atomic E-state index is 13.5. The van der Waals surface area contributed by atoms with Gasteiger partial charge in [0, 0.05) is 5.39 Å². The molecule has 1 aromatic heterocycles. The molecular weight excluding hydrogens is 398 g/mol. The monoisotopic (exact) mass is 419 g/mol. The number of sulfone groups is 1. The Hall–Kier alpha value is -3.38. The predicted octanol–water partition coefficient (Wildman–Crippen LogP) is 5.12. The third-order valence-corrected chi connectivity index (χ3v) is 6.58. The summed E-state index contributed by atoms with van der Waals surface area (Å²) in [6.07, 6.45) is 0. The van der Waals surface area contributed by atoms with Crippen LogP contribution in [0, 0.1) is 13.8 Å². The highest BCUT2D eigenvalue weighted by atomic mass is 32.2. The average molecular weight is 420 g/mol. The van der Waals surface area contributed by atoms with Crippen molar-refractivity contribution in [3.05, 3.63) is 89.5 Å². The number of hydrogen-bond acceptors (Lipinski definition) is 5. The van der Waals surface area contributed by atoms with Gasteiger partial charge in [0.25, 0.3) is 0 Å². The molecule has 0 aliphatic rings. The highest BCUT2D eigenvalue weighted by molar-refractivity contribution is 7.91. The Kier molecular flexibility index (Phi) is 5.18. The van der Waals surface area contributed by atoms with Gasteiger partial charge in [0.2, 0.25) is 15.4 Å². The molecule has 0 saturated carbocycles. The molecule has 0 unspecified atom stereocenters. The van der Waals surface area contributed by atoms with E-state index in [4.69, 9.17) is 9.15 Å². The Morgan fingerprint density at radius 2 is 1.50 bits per heavy atom. The molecule has 0 atom stereocenters. The lowest BCUT2D eigenvalue weighted by Crippen LogP contribution is -2.16. The van der Waals surface area contributed by atoms with Crippen molar-refractivity contribution in [1.29, 1.82) is 0 Å². The fourth-order valence-corrected chi connectivity index (χ4v) is 4.47. The van der Waals surface area contributed by atoms with Gasteiger partial charge in [-0.15, -0.1) is 0 Å². The van der Waals surface area contributed by atoms with Crippen LogP contribution in [0.3, 0.4) is 0 Å². The highest BCUT2D eigenvalue weighted by Gasteiger charge is 2.23. The normalized spacial score (nSPS) is 12.3. The molecule has 0 amide bonds. The average Bonchev–Trinajstić information content (AvgIpc) is 2.74. The van der Waals surface area contributed by atoms with Crippen molar-refractivity contribution < 1.29 is 17.6 Å². The zero-order chi connectivity index (χ0) is 21.3. The van der Waals surface area contributed by atoms with Gasteiger partial charge in [0.05, 0.1) is 17.7 Å². The third-order valence-electron chi connectivity index (χ3n) is 4.81. The first-order chi connectivity index (χ1) is 14.4. The van der Waals surface area contributed by atoms with Gasteiger partial charge in [0.1, 0.15) is 4.90 Å². The zero-order valence-electron chi connectivity index (χ0n) is 16.9. The SMILES string of the molecule is COc1cccc2cc(S(=O)(=O)c3ccc(C)cc3)c(=Nc3ccc(C)cc3)oc12. The zero-order valence-corrected chi connectivity index (χ0v) is 17.7. The van der Waals surface area contributed by atoms with Crippen molar-refractivity contribution in [1.82, 2.24) is 0 Å². The molecule has 0 radical (unpaired) electrons. The molecule has 30 heavy (non-hydrogen) atoms. The fourth-order valence-electron chi connectivity index (χ4n) is 3.12. The Morgan fingerprint density at radius 1 is 0.867 bits per heavy atom.